The molecule has 1 aromatic rings. The van der Waals surface area contributed by atoms with Crippen LogP contribution in [0.5, 0.6) is 0 Å². The molecule has 21 heavy (non-hydrogen) atoms. The van der Waals surface area contributed by atoms with Gasteiger partial charge in [0.05, 0.1) is 11.6 Å². The summed E-state index contributed by atoms with van der Waals surface area (Å²) < 4.78 is 6.48. The lowest BCUT2D eigenvalue weighted by atomic mass is 10.1. The van der Waals surface area contributed by atoms with E-state index in [-0.39, 0.29) is 5.78 Å². The number of rotatable bonds is 9. The lowest BCUT2D eigenvalue weighted by Crippen LogP contribution is -2.26. The molecule has 0 heterocycles. The number of nitrogens with zero attached hydrogens (tertiary/aromatic N) is 1. The number of carbonyl (C=O) groups excluding carboxylic acids is 1. The minimum atomic E-state index is 0.0817. The standard InChI is InChI=1S/C16H21BrClNO2/c1-19(8-9-21-11-12-2-3-12)7-6-16(20)14-5-4-13(17)10-15(14)18/h4-5,10,12H,2-3,6-9,11H2,1H3. The zero-order valence-electron chi connectivity index (χ0n) is 12.3. The van der Waals surface area contributed by atoms with Crippen LogP contribution in [0.2, 0.25) is 5.02 Å². The van der Waals surface area contributed by atoms with Gasteiger partial charge in [0.1, 0.15) is 0 Å². The maximum absolute atomic E-state index is 12.2. The van der Waals surface area contributed by atoms with Crippen LogP contribution in [0.3, 0.4) is 0 Å². The number of hydrogen-bond donors (Lipinski definition) is 0. The molecule has 1 aliphatic carbocycles. The van der Waals surface area contributed by atoms with Gasteiger partial charge in [-0.25, -0.2) is 0 Å². The second-order valence-electron chi connectivity index (χ2n) is 5.62. The van der Waals surface area contributed by atoms with Crippen molar-refractivity contribution in [2.75, 3.05) is 33.4 Å². The van der Waals surface area contributed by atoms with Crippen molar-refractivity contribution < 1.29 is 9.53 Å². The van der Waals surface area contributed by atoms with Gasteiger partial charge in [-0.3, -0.25) is 4.79 Å². The molecule has 1 fully saturated rings. The van der Waals surface area contributed by atoms with Crippen molar-refractivity contribution >= 4 is 33.3 Å². The van der Waals surface area contributed by atoms with Crippen LogP contribution in [0.4, 0.5) is 0 Å². The van der Waals surface area contributed by atoms with Gasteiger partial charge in [-0.2, -0.15) is 0 Å². The number of benzene rings is 1. The predicted octanol–water partition coefficient (Wildman–Crippen LogP) is 4.03. The first kappa shape index (κ1) is 16.9. The van der Waals surface area contributed by atoms with E-state index in [1.807, 2.05) is 13.1 Å². The van der Waals surface area contributed by atoms with Crippen molar-refractivity contribution in [2.24, 2.45) is 5.92 Å². The summed E-state index contributed by atoms with van der Waals surface area (Å²) in [7, 11) is 2.01. The summed E-state index contributed by atoms with van der Waals surface area (Å²) in [6, 6.07) is 5.37. The van der Waals surface area contributed by atoms with Gasteiger partial charge < -0.3 is 9.64 Å². The van der Waals surface area contributed by atoms with Gasteiger partial charge in [-0.15, -0.1) is 0 Å². The molecule has 1 aliphatic rings. The van der Waals surface area contributed by atoms with Crippen molar-refractivity contribution in [1.82, 2.24) is 4.90 Å². The number of likely N-dealkylation sites (N-methyl/N-ethyl adjacent to an activating group) is 1. The summed E-state index contributed by atoms with van der Waals surface area (Å²) in [5.74, 6) is 0.884. The van der Waals surface area contributed by atoms with Gasteiger partial charge in [0.15, 0.2) is 5.78 Å². The molecular weight excluding hydrogens is 354 g/mol. The fraction of sp³-hybridized carbons (Fsp3) is 0.562. The highest BCUT2D eigenvalue weighted by molar-refractivity contribution is 9.10. The van der Waals surface area contributed by atoms with E-state index in [1.54, 1.807) is 12.1 Å². The third-order valence-corrected chi connectivity index (χ3v) is 4.43. The van der Waals surface area contributed by atoms with Crippen LogP contribution < -0.4 is 0 Å². The third-order valence-electron chi connectivity index (χ3n) is 3.62. The van der Waals surface area contributed by atoms with Gasteiger partial charge in [0.25, 0.3) is 0 Å². The molecule has 0 aromatic heterocycles. The number of halogens is 2. The molecular formula is C16H21BrClNO2. The first-order chi connectivity index (χ1) is 10.1. The van der Waals surface area contributed by atoms with E-state index in [0.717, 1.165) is 36.7 Å². The van der Waals surface area contributed by atoms with Gasteiger partial charge in [0, 0.05) is 36.2 Å². The van der Waals surface area contributed by atoms with Gasteiger partial charge in [-0.05, 0) is 44.0 Å². The summed E-state index contributed by atoms with van der Waals surface area (Å²) in [4.78, 5) is 14.3. The van der Waals surface area contributed by atoms with E-state index in [0.29, 0.717) is 17.0 Å². The van der Waals surface area contributed by atoms with Crippen LogP contribution >= 0.6 is 27.5 Å². The Balaban J connectivity index is 1.67. The summed E-state index contributed by atoms with van der Waals surface area (Å²) in [6.07, 6.45) is 3.11. The number of carbonyl (C=O) groups is 1. The Morgan fingerprint density at radius 2 is 2.19 bits per heavy atom. The van der Waals surface area contributed by atoms with E-state index >= 15 is 0 Å². The van der Waals surface area contributed by atoms with Gasteiger partial charge >= 0.3 is 0 Å². The second kappa shape index (κ2) is 8.28. The highest BCUT2D eigenvalue weighted by Crippen LogP contribution is 2.28. The average Bonchev–Trinajstić information content (AvgIpc) is 3.25. The molecule has 0 bridgehead atoms. The Bertz CT molecular complexity index is 491. The molecule has 0 radical (unpaired) electrons. The molecule has 0 N–H and O–H groups in total. The SMILES string of the molecule is CN(CCOCC1CC1)CCC(=O)c1ccc(Br)cc1Cl. The zero-order valence-corrected chi connectivity index (χ0v) is 14.6. The fourth-order valence-corrected chi connectivity index (χ4v) is 2.79. The van der Waals surface area contributed by atoms with Crippen molar-refractivity contribution in [3.05, 3.63) is 33.3 Å². The number of ether oxygens (including phenoxy) is 1. The molecule has 1 saturated carbocycles. The van der Waals surface area contributed by atoms with Gasteiger partial charge in [-0.1, -0.05) is 27.5 Å². The Morgan fingerprint density at radius 1 is 1.43 bits per heavy atom. The molecule has 0 aliphatic heterocycles. The molecule has 0 amide bonds. The quantitative estimate of drug-likeness (QED) is 0.483. The van der Waals surface area contributed by atoms with Crippen LogP contribution in [-0.2, 0) is 4.74 Å². The Kier molecular flexibility index (Phi) is 6.68. The normalized spacial score (nSPS) is 14.7. The Morgan fingerprint density at radius 3 is 2.86 bits per heavy atom. The number of Topliss-reactive ketones (excluding diaryl/α,β-unsaturated/α-hetero) is 1. The maximum Gasteiger partial charge on any atom is 0.165 e. The van der Waals surface area contributed by atoms with E-state index in [9.17, 15) is 4.79 Å². The topological polar surface area (TPSA) is 29.5 Å². The highest BCUT2D eigenvalue weighted by Gasteiger charge is 2.21. The largest absolute Gasteiger partial charge is 0.380 e. The third kappa shape index (κ3) is 6.07. The molecule has 0 spiro atoms. The lowest BCUT2D eigenvalue weighted by molar-refractivity contribution is 0.0918. The van der Waals surface area contributed by atoms with Crippen LogP contribution in [-0.4, -0.2) is 44.0 Å². The number of ketones is 1. The van der Waals surface area contributed by atoms with Crippen LogP contribution in [0, 0.1) is 5.92 Å². The zero-order chi connectivity index (χ0) is 15.2. The summed E-state index contributed by atoms with van der Waals surface area (Å²) in [5, 5.41) is 0.504. The van der Waals surface area contributed by atoms with Crippen molar-refractivity contribution in [2.45, 2.75) is 19.3 Å². The highest BCUT2D eigenvalue weighted by atomic mass is 79.9. The van der Waals surface area contributed by atoms with E-state index in [4.69, 9.17) is 16.3 Å². The average molecular weight is 375 g/mol. The van der Waals surface area contributed by atoms with Gasteiger partial charge in [0.2, 0.25) is 0 Å². The van der Waals surface area contributed by atoms with Crippen LogP contribution in [0.1, 0.15) is 29.6 Å². The fourth-order valence-electron chi connectivity index (χ4n) is 2.01. The second-order valence-corrected chi connectivity index (χ2v) is 6.94. The molecule has 0 unspecified atom stereocenters. The molecule has 3 nitrogen and oxygen atoms in total. The van der Waals surface area contributed by atoms with Crippen LogP contribution in [0.25, 0.3) is 0 Å². The van der Waals surface area contributed by atoms with Crippen molar-refractivity contribution in [1.29, 1.82) is 0 Å². The summed E-state index contributed by atoms with van der Waals surface area (Å²) >= 11 is 9.43. The van der Waals surface area contributed by atoms with Crippen LogP contribution in [0.15, 0.2) is 22.7 Å². The summed E-state index contributed by atoms with van der Waals surface area (Å²) in [6.45, 7) is 3.20. The Labute approximate surface area is 139 Å². The molecule has 5 heteroatoms. The van der Waals surface area contributed by atoms with Crippen molar-refractivity contribution in [3.63, 3.8) is 0 Å². The van der Waals surface area contributed by atoms with E-state index < -0.39 is 0 Å². The van der Waals surface area contributed by atoms with Crippen molar-refractivity contribution in [3.8, 4) is 0 Å². The molecule has 2 rings (SSSR count). The monoisotopic (exact) mass is 373 g/mol. The Hall–Kier alpha value is -0.420. The molecule has 0 atom stereocenters. The molecule has 116 valence electrons. The lowest BCUT2D eigenvalue weighted by Gasteiger charge is -2.16. The number of hydrogen-bond acceptors (Lipinski definition) is 3. The molecule has 1 aromatic carbocycles. The first-order valence-electron chi connectivity index (χ1n) is 7.31. The summed E-state index contributed by atoms with van der Waals surface area (Å²) in [5.41, 5.74) is 0.596. The van der Waals surface area contributed by atoms with E-state index in [1.165, 1.54) is 12.8 Å². The smallest absolute Gasteiger partial charge is 0.165 e. The molecule has 0 saturated heterocycles. The minimum Gasteiger partial charge on any atom is -0.380 e. The van der Waals surface area contributed by atoms with E-state index in [2.05, 4.69) is 20.8 Å². The first-order valence-corrected chi connectivity index (χ1v) is 8.48. The predicted molar refractivity (Wildman–Crippen MR) is 89.1 cm³/mol. The minimum absolute atomic E-state index is 0.0817. The maximum atomic E-state index is 12.2.